The standard InChI is InChI=1S/C22H24N2O6S/c1-12-17-19(31-18(12)22(27)30-14-7-5-4-6-8-14)23-13(2)24(20(17)25)11-15-9-10-16(29-15)21(26)28-3/h9-10,14H,4-8,11H2,1-3H3. The Balaban J connectivity index is 1.65. The quantitative estimate of drug-likeness (QED) is 0.548. The molecule has 0 N–H and O–H groups in total. The van der Waals surface area contributed by atoms with E-state index in [1.165, 1.54) is 35.5 Å². The number of hydrogen-bond acceptors (Lipinski definition) is 8. The highest BCUT2D eigenvalue weighted by atomic mass is 32.1. The lowest BCUT2D eigenvalue weighted by atomic mass is 9.98. The van der Waals surface area contributed by atoms with Crippen molar-refractivity contribution in [1.29, 1.82) is 0 Å². The van der Waals surface area contributed by atoms with Crippen LogP contribution in [0.2, 0.25) is 0 Å². The van der Waals surface area contributed by atoms with Gasteiger partial charge in [0.15, 0.2) is 0 Å². The van der Waals surface area contributed by atoms with E-state index in [-0.39, 0.29) is 29.9 Å². The number of methoxy groups -OCH3 is 1. The molecule has 0 unspecified atom stereocenters. The van der Waals surface area contributed by atoms with E-state index >= 15 is 0 Å². The summed E-state index contributed by atoms with van der Waals surface area (Å²) in [4.78, 5) is 43.1. The molecule has 1 fully saturated rings. The van der Waals surface area contributed by atoms with Crippen LogP contribution in [-0.4, -0.2) is 34.7 Å². The Labute approximate surface area is 182 Å². The molecule has 0 aromatic carbocycles. The number of rotatable bonds is 5. The van der Waals surface area contributed by atoms with Gasteiger partial charge < -0.3 is 13.9 Å². The Morgan fingerprint density at radius 2 is 1.94 bits per heavy atom. The van der Waals surface area contributed by atoms with Gasteiger partial charge in [0.2, 0.25) is 5.76 Å². The van der Waals surface area contributed by atoms with E-state index in [1.54, 1.807) is 19.9 Å². The number of fused-ring (bicyclic) bond motifs is 1. The smallest absolute Gasteiger partial charge is 0.373 e. The Morgan fingerprint density at radius 3 is 2.65 bits per heavy atom. The van der Waals surface area contributed by atoms with Crippen LogP contribution < -0.4 is 5.56 Å². The predicted molar refractivity (Wildman–Crippen MR) is 115 cm³/mol. The van der Waals surface area contributed by atoms with Gasteiger partial charge in [-0.25, -0.2) is 14.6 Å². The average molecular weight is 445 g/mol. The van der Waals surface area contributed by atoms with Crippen LogP contribution in [0.3, 0.4) is 0 Å². The Morgan fingerprint density at radius 1 is 1.19 bits per heavy atom. The number of aryl methyl sites for hydroxylation is 2. The first-order valence-corrected chi connectivity index (χ1v) is 11.1. The van der Waals surface area contributed by atoms with Crippen molar-refractivity contribution in [2.24, 2.45) is 0 Å². The zero-order valence-electron chi connectivity index (χ0n) is 17.7. The van der Waals surface area contributed by atoms with Gasteiger partial charge in [-0.15, -0.1) is 11.3 Å². The van der Waals surface area contributed by atoms with Gasteiger partial charge in [-0.05, 0) is 57.2 Å². The molecule has 0 atom stereocenters. The summed E-state index contributed by atoms with van der Waals surface area (Å²) >= 11 is 1.19. The molecule has 3 aromatic rings. The van der Waals surface area contributed by atoms with Gasteiger partial charge in [-0.1, -0.05) is 6.42 Å². The van der Waals surface area contributed by atoms with Crippen LogP contribution in [0, 0.1) is 13.8 Å². The van der Waals surface area contributed by atoms with Crippen LogP contribution in [0.25, 0.3) is 10.2 Å². The van der Waals surface area contributed by atoms with E-state index in [1.807, 2.05) is 0 Å². The fraction of sp³-hybridized carbons (Fsp3) is 0.455. The second kappa shape index (κ2) is 8.66. The molecule has 0 saturated heterocycles. The summed E-state index contributed by atoms with van der Waals surface area (Å²) in [6, 6.07) is 3.12. The monoisotopic (exact) mass is 444 g/mol. The maximum Gasteiger partial charge on any atom is 0.373 e. The Hall–Kier alpha value is -2.94. The third kappa shape index (κ3) is 4.14. The fourth-order valence-corrected chi connectivity index (χ4v) is 5.02. The van der Waals surface area contributed by atoms with Crippen LogP contribution in [-0.2, 0) is 16.0 Å². The van der Waals surface area contributed by atoms with Gasteiger partial charge >= 0.3 is 11.9 Å². The molecule has 1 saturated carbocycles. The summed E-state index contributed by atoms with van der Waals surface area (Å²) in [7, 11) is 1.27. The number of furan rings is 1. The van der Waals surface area contributed by atoms with Crippen molar-refractivity contribution in [2.75, 3.05) is 7.11 Å². The lowest BCUT2D eigenvalue weighted by Crippen LogP contribution is -2.24. The third-order valence-corrected chi connectivity index (χ3v) is 6.78. The number of esters is 2. The average Bonchev–Trinajstić information content (AvgIpc) is 3.36. The van der Waals surface area contributed by atoms with E-state index < -0.39 is 5.97 Å². The first kappa shape index (κ1) is 21.3. The summed E-state index contributed by atoms with van der Waals surface area (Å²) in [5.41, 5.74) is 0.325. The van der Waals surface area contributed by atoms with Crippen LogP contribution >= 0.6 is 11.3 Å². The van der Waals surface area contributed by atoms with Crippen molar-refractivity contribution in [2.45, 2.75) is 58.6 Å². The van der Waals surface area contributed by atoms with Crippen molar-refractivity contribution in [3.05, 3.63) is 50.3 Å². The summed E-state index contributed by atoms with van der Waals surface area (Å²) in [5, 5.41) is 0.408. The minimum absolute atomic E-state index is 0.0554. The number of carbonyl (C=O) groups is 2. The van der Waals surface area contributed by atoms with Gasteiger partial charge in [0.25, 0.3) is 5.56 Å². The molecule has 0 bridgehead atoms. The molecular weight excluding hydrogens is 420 g/mol. The van der Waals surface area contributed by atoms with E-state index in [9.17, 15) is 14.4 Å². The Bertz CT molecular complexity index is 1200. The van der Waals surface area contributed by atoms with E-state index in [0.29, 0.717) is 32.2 Å². The second-order valence-electron chi connectivity index (χ2n) is 7.71. The predicted octanol–water partition coefficient (Wildman–Crippen LogP) is 3.99. The maximum atomic E-state index is 13.2. The molecular formula is C22H24N2O6S. The number of thiophene rings is 1. The number of nitrogens with zero attached hydrogens (tertiary/aromatic N) is 2. The number of ether oxygens (including phenoxy) is 2. The second-order valence-corrected chi connectivity index (χ2v) is 8.71. The minimum atomic E-state index is -0.585. The molecule has 0 spiro atoms. The molecule has 0 amide bonds. The van der Waals surface area contributed by atoms with Crippen molar-refractivity contribution in [1.82, 2.24) is 9.55 Å². The highest BCUT2D eigenvalue weighted by molar-refractivity contribution is 7.20. The van der Waals surface area contributed by atoms with Gasteiger partial charge in [0, 0.05) is 0 Å². The molecule has 0 aliphatic heterocycles. The number of hydrogen-bond donors (Lipinski definition) is 0. The Kier molecular flexibility index (Phi) is 5.95. The summed E-state index contributed by atoms with van der Waals surface area (Å²) in [6.45, 7) is 3.59. The van der Waals surface area contributed by atoms with E-state index in [2.05, 4.69) is 9.72 Å². The lowest BCUT2D eigenvalue weighted by molar-refractivity contribution is 0.0216. The van der Waals surface area contributed by atoms with Crippen LogP contribution in [0.5, 0.6) is 0 Å². The third-order valence-electron chi connectivity index (χ3n) is 5.61. The largest absolute Gasteiger partial charge is 0.463 e. The fourth-order valence-electron chi connectivity index (χ4n) is 3.92. The molecule has 1 aliphatic rings. The molecule has 164 valence electrons. The van der Waals surface area contributed by atoms with Gasteiger partial charge in [-0.3, -0.25) is 9.36 Å². The first-order chi connectivity index (χ1) is 14.9. The molecule has 1 aliphatic carbocycles. The molecule has 31 heavy (non-hydrogen) atoms. The van der Waals surface area contributed by atoms with Crippen LogP contribution in [0.4, 0.5) is 0 Å². The maximum absolute atomic E-state index is 13.2. The zero-order chi connectivity index (χ0) is 22.1. The van der Waals surface area contributed by atoms with Gasteiger partial charge in [-0.2, -0.15) is 0 Å². The highest BCUT2D eigenvalue weighted by Gasteiger charge is 2.25. The highest BCUT2D eigenvalue weighted by Crippen LogP contribution is 2.30. The zero-order valence-corrected chi connectivity index (χ0v) is 18.5. The number of carbonyl (C=O) groups excluding carboxylic acids is 2. The van der Waals surface area contributed by atoms with E-state index in [0.717, 1.165) is 25.7 Å². The minimum Gasteiger partial charge on any atom is -0.463 e. The summed E-state index contributed by atoms with van der Waals surface area (Å²) < 4.78 is 17.3. The van der Waals surface area contributed by atoms with Gasteiger partial charge in [0.1, 0.15) is 27.4 Å². The molecule has 9 heteroatoms. The summed E-state index contributed by atoms with van der Waals surface area (Å²) in [6.07, 6.45) is 5.03. The van der Waals surface area contributed by atoms with Crippen LogP contribution in [0.15, 0.2) is 21.3 Å². The van der Waals surface area contributed by atoms with Crippen LogP contribution in [0.1, 0.15) is 69.5 Å². The molecule has 3 aromatic heterocycles. The van der Waals surface area contributed by atoms with Crippen molar-refractivity contribution in [3.63, 3.8) is 0 Å². The van der Waals surface area contributed by atoms with E-state index in [4.69, 9.17) is 9.15 Å². The summed E-state index contributed by atoms with van der Waals surface area (Å²) in [5.74, 6) is 0.0127. The van der Waals surface area contributed by atoms with Crippen molar-refractivity contribution >= 4 is 33.5 Å². The lowest BCUT2D eigenvalue weighted by Gasteiger charge is -2.21. The number of aromatic nitrogens is 2. The molecule has 8 nitrogen and oxygen atoms in total. The molecule has 4 rings (SSSR count). The molecule has 0 radical (unpaired) electrons. The molecule has 3 heterocycles. The first-order valence-electron chi connectivity index (χ1n) is 10.3. The normalized spacial score (nSPS) is 14.7. The topological polar surface area (TPSA) is 101 Å². The van der Waals surface area contributed by atoms with Crippen molar-refractivity contribution < 1.29 is 23.5 Å². The SMILES string of the molecule is COC(=O)c1ccc(Cn2c(C)nc3sc(C(=O)OC4CCCCC4)c(C)c3c2=O)o1. The van der Waals surface area contributed by atoms with Gasteiger partial charge in [0.05, 0.1) is 19.0 Å². The van der Waals surface area contributed by atoms with Crippen molar-refractivity contribution in [3.8, 4) is 0 Å².